The molecule has 0 spiro atoms. The second kappa shape index (κ2) is 9.15. The van der Waals surface area contributed by atoms with Crippen molar-refractivity contribution in [3.8, 4) is 0 Å². The highest BCUT2D eigenvalue weighted by Crippen LogP contribution is 2.47. The van der Waals surface area contributed by atoms with E-state index >= 15 is 0 Å². The summed E-state index contributed by atoms with van der Waals surface area (Å²) in [5, 5.41) is 5.70. The molecule has 2 N–H and O–H groups in total. The topological polar surface area (TPSA) is 61.4 Å². The Kier molecular flexibility index (Phi) is 6.62. The van der Waals surface area contributed by atoms with Crippen LogP contribution in [0.1, 0.15) is 27.2 Å². The molecule has 28 heavy (non-hydrogen) atoms. The number of fused-ring (bicyclic) bond motifs is 2. The van der Waals surface area contributed by atoms with E-state index in [0.29, 0.717) is 6.54 Å². The Hall–Kier alpha value is -2.47. The van der Waals surface area contributed by atoms with E-state index in [1.807, 2.05) is 13.8 Å². The zero-order valence-corrected chi connectivity index (χ0v) is 17.4. The maximum Gasteiger partial charge on any atom is 0.242 e. The highest BCUT2D eigenvalue weighted by molar-refractivity contribution is 7.99. The first-order valence-corrected chi connectivity index (χ1v) is 10.5. The molecule has 1 aliphatic heterocycles. The number of carbonyl (C=O) groups is 2. The largest absolute Gasteiger partial charge is 0.354 e. The van der Waals surface area contributed by atoms with Gasteiger partial charge in [-0.25, -0.2) is 0 Å². The van der Waals surface area contributed by atoms with Crippen LogP contribution < -0.4 is 15.5 Å². The number of nitrogens with zero attached hydrogens (tertiary/aromatic N) is 1. The van der Waals surface area contributed by atoms with Crippen LogP contribution in [-0.4, -0.2) is 30.9 Å². The van der Waals surface area contributed by atoms with Crippen molar-refractivity contribution in [1.82, 2.24) is 10.6 Å². The lowest BCUT2D eigenvalue weighted by atomic mass is 10.0. The predicted molar refractivity (Wildman–Crippen MR) is 114 cm³/mol. The lowest BCUT2D eigenvalue weighted by molar-refractivity contribution is -0.129. The van der Waals surface area contributed by atoms with E-state index in [2.05, 4.69) is 64.1 Å². The number of rotatable bonds is 7. The van der Waals surface area contributed by atoms with Gasteiger partial charge in [0.25, 0.3) is 0 Å². The molecule has 1 unspecified atom stereocenters. The second-order valence-electron chi connectivity index (χ2n) is 7.26. The van der Waals surface area contributed by atoms with Crippen LogP contribution >= 0.6 is 11.8 Å². The summed E-state index contributed by atoms with van der Waals surface area (Å²) in [6.07, 6.45) is 0.809. The van der Waals surface area contributed by atoms with E-state index in [0.717, 1.165) is 13.0 Å². The molecule has 0 saturated carbocycles. The van der Waals surface area contributed by atoms with E-state index in [4.69, 9.17) is 0 Å². The van der Waals surface area contributed by atoms with Crippen molar-refractivity contribution in [3.63, 3.8) is 0 Å². The van der Waals surface area contributed by atoms with Gasteiger partial charge < -0.3 is 15.5 Å². The number of carbonyl (C=O) groups excluding carboxylic acids is 2. The summed E-state index contributed by atoms with van der Waals surface area (Å²) in [5.74, 6) is -0.269. The van der Waals surface area contributed by atoms with Gasteiger partial charge in [0, 0.05) is 29.8 Å². The van der Waals surface area contributed by atoms with Crippen LogP contribution in [0.4, 0.5) is 11.4 Å². The van der Waals surface area contributed by atoms with Gasteiger partial charge in [-0.15, -0.1) is 0 Å². The van der Waals surface area contributed by atoms with Gasteiger partial charge in [0.05, 0.1) is 11.4 Å². The fraction of sp³-hybridized carbons (Fsp3) is 0.364. The minimum atomic E-state index is -0.495. The lowest BCUT2D eigenvalue weighted by Gasteiger charge is -2.32. The molecular formula is C22H27N3O2S. The van der Waals surface area contributed by atoms with Crippen molar-refractivity contribution in [1.29, 1.82) is 0 Å². The SMILES string of the molecule is CC(=O)NC(C(=O)NCCCN1c2ccccc2Sc2ccccc21)C(C)C. The molecule has 0 bridgehead atoms. The van der Waals surface area contributed by atoms with Gasteiger partial charge >= 0.3 is 0 Å². The quantitative estimate of drug-likeness (QED) is 0.695. The third kappa shape index (κ3) is 4.68. The third-order valence-corrected chi connectivity index (χ3v) is 5.83. The van der Waals surface area contributed by atoms with Gasteiger partial charge in [-0.3, -0.25) is 9.59 Å². The van der Waals surface area contributed by atoms with Crippen molar-refractivity contribution >= 4 is 35.0 Å². The molecule has 2 aromatic carbocycles. The molecule has 3 rings (SSSR count). The number of anilines is 2. The van der Waals surface area contributed by atoms with Gasteiger partial charge in [0.2, 0.25) is 11.8 Å². The Balaban J connectivity index is 1.62. The van der Waals surface area contributed by atoms with Crippen LogP contribution in [0.5, 0.6) is 0 Å². The van der Waals surface area contributed by atoms with E-state index < -0.39 is 6.04 Å². The molecule has 0 fully saturated rings. The van der Waals surface area contributed by atoms with E-state index in [1.54, 1.807) is 11.8 Å². The lowest BCUT2D eigenvalue weighted by Crippen LogP contribution is -2.49. The molecule has 5 nitrogen and oxygen atoms in total. The number of hydrogen-bond acceptors (Lipinski definition) is 4. The fourth-order valence-electron chi connectivity index (χ4n) is 3.33. The van der Waals surface area contributed by atoms with Gasteiger partial charge in [-0.2, -0.15) is 0 Å². The maximum absolute atomic E-state index is 12.4. The molecule has 0 aromatic heterocycles. The summed E-state index contributed by atoms with van der Waals surface area (Å²) in [7, 11) is 0. The monoisotopic (exact) mass is 397 g/mol. The van der Waals surface area contributed by atoms with Gasteiger partial charge in [-0.1, -0.05) is 49.9 Å². The first-order valence-electron chi connectivity index (χ1n) is 9.65. The summed E-state index contributed by atoms with van der Waals surface area (Å²) in [6.45, 7) is 6.67. The van der Waals surface area contributed by atoms with Crippen LogP contribution in [0.2, 0.25) is 0 Å². The molecule has 1 atom stereocenters. The highest BCUT2D eigenvalue weighted by Gasteiger charge is 2.24. The molecule has 2 amide bonds. The van der Waals surface area contributed by atoms with Crippen LogP contribution in [0.3, 0.4) is 0 Å². The van der Waals surface area contributed by atoms with Crippen molar-refractivity contribution in [2.45, 2.75) is 43.0 Å². The highest BCUT2D eigenvalue weighted by atomic mass is 32.2. The number of nitrogens with one attached hydrogen (secondary N) is 2. The molecule has 0 radical (unpaired) electrons. The minimum Gasteiger partial charge on any atom is -0.354 e. The molecule has 2 aromatic rings. The Morgan fingerprint density at radius 1 is 1.00 bits per heavy atom. The number of para-hydroxylation sites is 2. The Morgan fingerprint density at radius 3 is 2.11 bits per heavy atom. The van der Waals surface area contributed by atoms with Gasteiger partial charge in [0.15, 0.2) is 0 Å². The minimum absolute atomic E-state index is 0.0433. The summed E-state index contributed by atoms with van der Waals surface area (Å²) >= 11 is 1.79. The summed E-state index contributed by atoms with van der Waals surface area (Å²) in [4.78, 5) is 28.6. The Labute approximate surface area is 170 Å². The summed E-state index contributed by atoms with van der Waals surface area (Å²) < 4.78 is 0. The molecule has 0 saturated heterocycles. The molecule has 148 valence electrons. The predicted octanol–water partition coefficient (Wildman–Crippen LogP) is 3.96. The van der Waals surface area contributed by atoms with Crippen LogP contribution in [0.15, 0.2) is 58.3 Å². The van der Waals surface area contributed by atoms with E-state index in [9.17, 15) is 9.59 Å². The Bertz CT molecular complexity index is 808. The number of hydrogen-bond donors (Lipinski definition) is 2. The molecule has 0 aliphatic carbocycles. The molecule has 6 heteroatoms. The molecule has 1 heterocycles. The normalized spacial score (nSPS) is 13.5. The first-order chi connectivity index (χ1) is 13.5. The van der Waals surface area contributed by atoms with E-state index in [1.165, 1.54) is 28.1 Å². The van der Waals surface area contributed by atoms with Crippen molar-refractivity contribution in [2.75, 3.05) is 18.0 Å². The zero-order valence-electron chi connectivity index (χ0n) is 16.6. The number of benzene rings is 2. The van der Waals surface area contributed by atoms with Crippen molar-refractivity contribution < 1.29 is 9.59 Å². The third-order valence-electron chi connectivity index (χ3n) is 4.70. The first kappa shape index (κ1) is 20.3. The van der Waals surface area contributed by atoms with Crippen LogP contribution in [0, 0.1) is 5.92 Å². The smallest absolute Gasteiger partial charge is 0.242 e. The average Bonchev–Trinajstić information content (AvgIpc) is 2.68. The summed E-state index contributed by atoms with van der Waals surface area (Å²) in [5.41, 5.74) is 2.41. The zero-order chi connectivity index (χ0) is 20.1. The molecular weight excluding hydrogens is 370 g/mol. The van der Waals surface area contributed by atoms with Crippen LogP contribution in [-0.2, 0) is 9.59 Å². The fourth-order valence-corrected chi connectivity index (χ4v) is 4.43. The number of amides is 2. The maximum atomic E-state index is 12.4. The standard InChI is InChI=1S/C22H27N3O2S/c1-15(2)21(24-16(3)26)22(27)23-13-8-14-25-17-9-4-6-11-19(17)28-20-12-7-5-10-18(20)25/h4-7,9-12,15,21H,8,13-14H2,1-3H3,(H,23,27)(H,24,26). The van der Waals surface area contributed by atoms with Crippen molar-refractivity contribution in [3.05, 3.63) is 48.5 Å². The second-order valence-corrected chi connectivity index (χ2v) is 8.34. The van der Waals surface area contributed by atoms with Gasteiger partial charge in [0.1, 0.15) is 6.04 Å². The molecule has 1 aliphatic rings. The average molecular weight is 398 g/mol. The van der Waals surface area contributed by atoms with Crippen molar-refractivity contribution in [2.24, 2.45) is 5.92 Å². The van der Waals surface area contributed by atoms with Crippen LogP contribution in [0.25, 0.3) is 0 Å². The Morgan fingerprint density at radius 2 is 1.57 bits per heavy atom. The summed E-state index contributed by atoms with van der Waals surface area (Å²) in [6, 6.07) is 16.3. The van der Waals surface area contributed by atoms with Gasteiger partial charge in [-0.05, 0) is 36.6 Å². The van der Waals surface area contributed by atoms with E-state index in [-0.39, 0.29) is 17.7 Å².